The van der Waals surface area contributed by atoms with Crippen molar-refractivity contribution in [2.75, 3.05) is 56.7 Å². The molecule has 2 atom stereocenters. The van der Waals surface area contributed by atoms with E-state index in [0.29, 0.717) is 16.4 Å². The Morgan fingerprint density at radius 2 is 1.86 bits per heavy atom. The maximum absolute atomic E-state index is 13.3. The first kappa shape index (κ1) is 31.3. The molecule has 2 N–H and O–H groups in total. The third-order valence-electron chi connectivity index (χ3n) is 6.90. The van der Waals surface area contributed by atoms with Gasteiger partial charge in [0.05, 0.1) is 48.7 Å². The minimum absolute atomic E-state index is 0.0219. The van der Waals surface area contributed by atoms with E-state index in [1.54, 1.807) is 21.8 Å². The van der Waals surface area contributed by atoms with Crippen molar-refractivity contribution < 1.29 is 40.7 Å². The smallest absolute Gasteiger partial charge is 0.379 e. The van der Waals surface area contributed by atoms with Crippen molar-refractivity contribution >= 4 is 33.6 Å². The van der Waals surface area contributed by atoms with Gasteiger partial charge in [0.15, 0.2) is 0 Å². The number of ether oxygens (including phenoxy) is 1. The molecule has 0 bridgehead atoms. The minimum Gasteiger partial charge on any atom is -0.379 e. The molecule has 4 rings (SSSR count). The third-order valence-corrected chi connectivity index (χ3v) is 7.44. The number of H-pyrrole nitrogens is 1. The molecule has 2 aromatic rings. The Balaban J connectivity index is 1.34. The van der Waals surface area contributed by atoms with E-state index in [1.165, 1.54) is 11.9 Å². The normalized spacial score (nSPS) is 19.2. The number of hydrogen-bond donors (Lipinski definition) is 2. The number of likely N-dealkylation sites (N-methyl/N-ethyl adjacent to an activating group) is 1. The van der Waals surface area contributed by atoms with E-state index in [0.717, 1.165) is 12.3 Å². The lowest BCUT2D eigenvalue weighted by Crippen LogP contribution is -2.57. The summed E-state index contributed by atoms with van der Waals surface area (Å²) >= 11 is 0. The summed E-state index contributed by atoms with van der Waals surface area (Å²) in [5, 5.41) is 6.97. The SMILES string of the molecule is CN1C[C@H]2CN(C(=O)CCOC[C@](C)([SiH3])Nc3cn[nH]c(=O)c3C(F)(F)F)CCN2c2ncc(C(F)(F)F)cc2C1=O. The van der Waals surface area contributed by atoms with Crippen molar-refractivity contribution in [3.8, 4) is 0 Å². The van der Waals surface area contributed by atoms with Crippen LogP contribution in [0.2, 0.25) is 0 Å². The Labute approximate surface area is 238 Å². The van der Waals surface area contributed by atoms with Crippen molar-refractivity contribution in [2.24, 2.45) is 0 Å². The molecule has 42 heavy (non-hydrogen) atoms. The van der Waals surface area contributed by atoms with E-state index in [9.17, 15) is 40.7 Å². The van der Waals surface area contributed by atoms with Crippen LogP contribution < -0.4 is 15.8 Å². The van der Waals surface area contributed by atoms with Gasteiger partial charge in [-0.05, 0) is 13.0 Å². The highest BCUT2D eigenvalue weighted by atomic mass is 28.1. The van der Waals surface area contributed by atoms with Crippen LogP contribution in [0.1, 0.15) is 34.8 Å². The fraction of sp³-hybridized carbons (Fsp3) is 0.542. The van der Waals surface area contributed by atoms with Gasteiger partial charge in [-0.15, -0.1) is 0 Å². The molecular weight excluding hydrogens is 592 g/mol. The lowest BCUT2D eigenvalue weighted by molar-refractivity contribution is -0.138. The fourth-order valence-electron chi connectivity index (χ4n) is 4.94. The summed E-state index contributed by atoms with van der Waals surface area (Å²) in [7, 11) is 1.80. The number of fused-ring (bicyclic) bond motifs is 3. The van der Waals surface area contributed by atoms with Gasteiger partial charge in [-0.2, -0.15) is 31.4 Å². The number of piperazine rings is 1. The molecule has 0 radical (unpaired) electrons. The van der Waals surface area contributed by atoms with E-state index in [4.69, 9.17) is 4.74 Å². The zero-order valence-corrected chi connectivity index (χ0v) is 24.9. The molecule has 2 aromatic heterocycles. The molecule has 2 amide bonds. The summed E-state index contributed by atoms with van der Waals surface area (Å²) in [6, 6.07) is 0.399. The molecule has 2 aliphatic heterocycles. The average molecular weight is 622 g/mol. The van der Waals surface area contributed by atoms with Crippen LogP contribution in [0.25, 0.3) is 0 Å². The third kappa shape index (κ3) is 6.85. The van der Waals surface area contributed by atoms with E-state index in [-0.39, 0.29) is 63.1 Å². The van der Waals surface area contributed by atoms with Crippen LogP contribution in [-0.4, -0.2) is 105 Å². The first-order chi connectivity index (χ1) is 19.5. The van der Waals surface area contributed by atoms with Gasteiger partial charge in [-0.3, -0.25) is 14.4 Å². The van der Waals surface area contributed by atoms with Gasteiger partial charge in [0.2, 0.25) is 5.91 Å². The number of aromatic amines is 1. The number of anilines is 2. The van der Waals surface area contributed by atoms with Gasteiger partial charge in [0.1, 0.15) is 11.4 Å². The highest BCUT2D eigenvalue weighted by Crippen LogP contribution is 2.35. The minimum atomic E-state index is -4.89. The Morgan fingerprint density at radius 1 is 1.14 bits per heavy atom. The zero-order valence-electron chi connectivity index (χ0n) is 22.9. The number of nitrogens with one attached hydrogen (secondary N) is 2. The van der Waals surface area contributed by atoms with E-state index >= 15 is 0 Å². The van der Waals surface area contributed by atoms with Crippen molar-refractivity contribution in [2.45, 2.75) is 36.9 Å². The summed E-state index contributed by atoms with van der Waals surface area (Å²) < 4.78 is 85.3. The number of rotatable bonds is 7. The Morgan fingerprint density at radius 3 is 2.52 bits per heavy atom. The van der Waals surface area contributed by atoms with Crippen LogP contribution in [0.15, 0.2) is 23.3 Å². The van der Waals surface area contributed by atoms with Crippen LogP contribution in [0.3, 0.4) is 0 Å². The van der Waals surface area contributed by atoms with Gasteiger partial charge >= 0.3 is 12.4 Å². The summed E-state index contributed by atoms with van der Waals surface area (Å²) in [5.74, 6) is -0.710. The second-order valence-corrected chi connectivity index (χ2v) is 13.0. The fourth-order valence-corrected chi connectivity index (χ4v) is 5.41. The summed E-state index contributed by atoms with van der Waals surface area (Å²) in [5.41, 5.74) is -4.41. The molecule has 4 heterocycles. The molecule has 0 aromatic carbocycles. The van der Waals surface area contributed by atoms with Crippen molar-refractivity contribution in [3.05, 3.63) is 45.5 Å². The zero-order chi connectivity index (χ0) is 31.0. The number of halogens is 6. The largest absolute Gasteiger partial charge is 0.423 e. The summed E-state index contributed by atoms with van der Waals surface area (Å²) in [6.45, 7) is 2.42. The number of aromatic nitrogens is 3. The van der Waals surface area contributed by atoms with Crippen molar-refractivity contribution in [3.63, 3.8) is 0 Å². The molecule has 0 saturated carbocycles. The molecule has 1 saturated heterocycles. The Bertz CT molecular complexity index is 1400. The predicted molar refractivity (Wildman–Crippen MR) is 141 cm³/mol. The molecule has 11 nitrogen and oxygen atoms in total. The molecule has 18 heteroatoms. The van der Waals surface area contributed by atoms with Crippen molar-refractivity contribution in [1.82, 2.24) is 25.0 Å². The van der Waals surface area contributed by atoms with Gasteiger partial charge < -0.3 is 24.8 Å². The topological polar surface area (TPSA) is 124 Å². The average Bonchev–Trinajstić information content (AvgIpc) is 2.98. The summed E-state index contributed by atoms with van der Waals surface area (Å²) in [6.07, 6.45) is -8.00. The van der Waals surface area contributed by atoms with Crippen LogP contribution in [0.5, 0.6) is 0 Å². The number of alkyl halides is 6. The van der Waals surface area contributed by atoms with Gasteiger partial charge in [-0.25, -0.2) is 10.1 Å². The molecule has 230 valence electrons. The quantitative estimate of drug-likeness (QED) is 0.266. The summed E-state index contributed by atoms with van der Waals surface area (Å²) in [4.78, 5) is 46.1. The lowest BCUT2D eigenvalue weighted by atomic mass is 10.1. The Hall–Kier alpha value is -3.67. The van der Waals surface area contributed by atoms with Gasteiger partial charge in [0, 0.05) is 54.8 Å². The Kier molecular flexibility index (Phi) is 8.59. The molecule has 0 aliphatic carbocycles. The number of carbonyl (C=O) groups is 2. The maximum Gasteiger partial charge on any atom is 0.423 e. The van der Waals surface area contributed by atoms with Gasteiger partial charge in [-0.1, -0.05) is 0 Å². The van der Waals surface area contributed by atoms with Crippen LogP contribution in [-0.2, 0) is 21.9 Å². The second-order valence-electron chi connectivity index (χ2n) is 10.8. The van der Waals surface area contributed by atoms with E-state index < -0.39 is 51.8 Å². The molecule has 0 spiro atoms. The van der Waals surface area contributed by atoms with Crippen LogP contribution in [0, 0.1) is 0 Å². The monoisotopic (exact) mass is 621 g/mol. The molecule has 0 unspecified atom stereocenters. The highest BCUT2D eigenvalue weighted by Gasteiger charge is 2.40. The predicted octanol–water partition coefficient (Wildman–Crippen LogP) is 0.906. The first-order valence-corrected chi connectivity index (χ1v) is 13.9. The number of pyridine rings is 1. The van der Waals surface area contributed by atoms with Crippen LogP contribution in [0.4, 0.5) is 37.8 Å². The molecule has 1 fully saturated rings. The second kappa shape index (κ2) is 11.5. The van der Waals surface area contributed by atoms with Crippen molar-refractivity contribution in [1.29, 1.82) is 0 Å². The number of amides is 2. The van der Waals surface area contributed by atoms with E-state index in [1.807, 2.05) is 0 Å². The van der Waals surface area contributed by atoms with Gasteiger partial charge in [0.25, 0.3) is 11.5 Å². The number of nitrogens with zero attached hydrogens (tertiary/aromatic N) is 5. The number of hydrogen-bond acceptors (Lipinski definition) is 8. The molecular formula is C24H29F6N7O4Si. The number of carbonyl (C=O) groups excluding carboxylic acids is 2. The standard InChI is InChI=1S/C24H29F6N7O4Si/c1-22(42,33-16-9-32-34-20(39)18(16)24(28,29)30)12-41-6-3-17(38)36-4-5-37-14(11-36)10-35(2)21(40)15-7-13(23(25,26)27)8-31-19(15)37/h7-9,14H,3-6,10-12H2,1-2,42H3,(H2,33,34,39)/t14-,22-/m0/s1. The van der Waals surface area contributed by atoms with Crippen LogP contribution >= 0.6 is 0 Å². The molecule has 2 aliphatic rings. The maximum atomic E-state index is 13.3. The van der Waals surface area contributed by atoms with E-state index in [2.05, 4.69) is 15.4 Å². The highest BCUT2D eigenvalue weighted by molar-refractivity contribution is 6.16. The lowest BCUT2D eigenvalue weighted by Gasteiger charge is -2.42. The first-order valence-electron chi connectivity index (χ1n) is 12.9.